The lowest BCUT2D eigenvalue weighted by atomic mass is 9.83. The zero-order valence-corrected chi connectivity index (χ0v) is 11.8. The van der Waals surface area contributed by atoms with Gasteiger partial charge >= 0.3 is 5.97 Å². The molecule has 3 heterocycles. The Labute approximate surface area is 114 Å². The van der Waals surface area contributed by atoms with Crippen molar-refractivity contribution in [2.75, 3.05) is 32.8 Å². The number of likely N-dealkylation sites (tertiary alicyclic amines) is 2. The number of hydrogen-bond acceptors (Lipinski definition) is 4. The third-order valence-corrected chi connectivity index (χ3v) is 5.00. The molecule has 0 unspecified atom stereocenters. The lowest BCUT2D eigenvalue weighted by Crippen LogP contribution is -2.74. The lowest BCUT2D eigenvalue weighted by Gasteiger charge is -2.58. The van der Waals surface area contributed by atoms with Gasteiger partial charge in [0.2, 0.25) is 0 Å². The van der Waals surface area contributed by atoms with Crippen LogP contribution in [0.25, 0.3) is 0 Å². The third-order valence-electron chi connectivity index (χ3n) is 5.00. The molecule has 3 fully saturated rings. The Morgan fingerprint density at radius 2 is 2.05 bits per heavy atom. The van der Waals surface area contributed by atoms with Gasteiger partial charge in [-0.05, 0) is 25.3 Å². The Bertz CT molecular complexity index is 362. The molecule has 0 aromatic carbocycles. The normalized spacial score (nSPS) is 29.4. The van der Waals surface area contributed by atoms with Crippen LogP contribution in [0.3, 0.4) is 0 Å². The molecule has 0 aromatic heterocycles. The average Bonchev–Trinajstić information content (AvgIpc) is 2.58. The van der Waals surface area contributed by atoms with Crippen LogP contribution in [0.5, 0.6) is 0 Å². The highest BCUT2D eigenvalue weighted by atomic mass is 16.5. The zero-order chi connectivity index (χ0) is 13.6. The average molecular weight is 268 g/mol. The molecule has 1 spiro atoms. The number of carbonyl (C=O) groups is 1. The minimum Gasteiger partial charge on any atom is -0.480 e. The van der Waals surface area contributed by atoms with E-state index in [1.54, 1.807) is 0 Å². The summed E-state index contributed by atoms with van der Waals surface area (Å²) in [5, 5.41) is 9.51. The van der Waals surface area contributed by atoms with Crippen molar-refractivity contribution in [3.8, 4) is 0 Å². The van der Waals surface area contributed by atoms with E-state index in [0.717, 1.165) is 45.7 Å². The first-order chi connectivity index (χ1) is 9.03. The monoisotopic (exact) mass is 268 g/mol. The molecular formula is C14H24N2O3. The van der Waals surface area contributed by atoms with Gasteiger partial charge in [0.15, 0.2) is 0 Å². The second kappa shape index (κ2) is 4.72. The SMILES string of the molecule is CC(C)[C@@H](C(=O)O)N1CCCC12CN(C1COC1)C2. The summed E-state index contributed by atoms with van der Waals surface area (Å²) in [6.07, 6.45) is 2.28. The zero-order valence-electron chi connectivity index (χ0n) is 11.8. The van der Waals surface area contributed by atoms with Crippen LogP contribution < -0.4 is 0 Å². The Hall–Kier alpha value is -0.650. The van der Waals surface area contributed by atoms with Crippen molar-refractivity contribution in [3.63, 3.8) is 0 Å². The standard InChI is InChI=1S/C14H24N2O3/c1-10(2)12(13(17)18)16-5-3-4-14(16)8-15(9-14)11-6-19-7-11/h10-12H,3-9H2,1-2H3,(H,17,18)/t12-/m0/s1. The van der Waals surface area contributed by atoms with Crippen LogP contribution in [0.4, 0.5) is 0 Å². The fourth-order valence-corrected chi connectivity index (χ4v) is 3.91. The maximum Gasteiger partial charge on any atom is 0.321 e. The van der Waals surface area contributed by atoms with E-state index in [1.165, 1.54) is 0 Å². The van der Waals surface area contributed by atoms with Gasteiger partial charge in [-0.3, -0.25) is 14.6 Å². The van der Waals surface area contributed by atoms with Crippen LogP contribution in [0.1, 0.15) is 26.7 Å². The number of carboxylic acids is 1. The highest BCUT2D eigenvalue weighted by Crippen LogP contribution is 2.41. The molecule has 5 heteroatoms. The third kappa shape index (κ3) is 2.08. The van der Waals surface area contributed by atoms with E-state index >= 15 is 0 Å². The lowest BCUT2D eigenvalue weighted by molar-refractivity contribution is -0.163. The van der Waals surface area contributed by atoms with E-state index in [0.29, 0.717) is 6.04 Å². The molecule has 0 saturated carbocycles. The molecule has 3 saturated heterocycles. The van der Waals surface area contributed by atoms with Crippen molar-refractivity contribution in [1.82, 2.24) is 9.80 Å². The maximum absolute atomic E-state index is 11.6. The highest BCUT2D eigenvalue weighted by molar-refractivity contribution is 5.74. The molecule has 19 heavy (non-hydrogen) atoms. The largest absolute Gasteiger partial charge is 0.480 e. The Kier molecular flexibility index (Phi) is 3.31. The highest BCUT2D eigenvalue weighted by Gasteiger charge is 2.55. The van der Waals surface area contributed by atoms with E-state index in [1.807, 2.05) is 13.8 Å². The van der Waals surface area contributed by atoms with Crippen LogP contribution in [0.2, 0.25) is 0 Å². The summed E-state index contributed by atoms with van der Waals surface area (Å²) in [5.74, 6) is -0.504. The first-order valence-electron chi connectivity index (χ1n) is 7.35. The number of hydrogen-bond donors (Lipinski definition) is 1. The predicted octanol–water partition coefficient (Wildman–Crippen LogP) is 0.645. The number of carboxylic acid groups (broad SMARTS) is 1. The van der Waals surface area contributed by atoms with Gasteiger partial charge in [-0.2, -0.15) is 0 Å². The fourth-order valence-electron chi connectivity index (χ4n) is 3.91. The second-order valence-corrected chi connectivity index (χ2v) is 6.64. The van der Waals surface area contributed by atoms with Gasteiger partial charge in [-0.15, -0.1) is 0 Å². The van der Waals surface area contributed by atoms with Gasteiger partial charge in [0.25, 0.3) is 0 Å². The summed E-state index contributed by atoms with van der Waals surface area (Å²) in [5.41, 5.74) is 0.128. The van der Waals surface area contributed by atoms with Gasteiger partial charge in [0.1, 0.15) is 6.04 Å². The number of aliphatic carboxylic acids is 1. The molecule has 1 N–H and O–H groups in total. The molecule has 5 nitrogen and oxygen atoms in total. The van der Waals surface area contributed by atoms with Gasteiger partial charge in [-0.1, -0.05) is 13.8 Å². The molecule has 0 bridgehead atoms. The fraction of sp³-hybridized carbons (Fsp3) is 0.929. The maximum atomic E-state index is 11.6. The molecule has 3 aliphatic heterocycles. The molecular weight excluding hydrogens is 244 g/mol. The summed E-state index contributed by atoms with van der Waals surface area (Å²) in [4.78, 5) is 16.3. The van der Waals surface area contributed by atoms with Crippen molar-refractivity contribution < 1.29 is 14.6 Å². The molecule has 1 atom stereocenters. The molecule has 0 aromatic rings. The van der Waals surface area contributed by atoms with E-state index in [9.17, 15) is 9.90 Å². The minimum absolute atomic E-state index is 0.128. The van der Waals surface area contributed by atoms with E-state index in [4.69, 9.17) is 4.74 Å². The van der Waals surface area contributed by atoms with Gasteiger partial charge < -0.3 is 9.84 Å². The Balaban J connectivity index is 1.69. The number of nitrogens with zero attached hydrogens (tertiary/aromatic N) is 2. The Morgan fingerprint density at radius 3 is 2.53 bits per heavy atom. The summed E-state index contributed by atoms with van der Waals surface area (Å²) < 4.78 is 5.24. The van der Waals surface area contributed by atoms with Crippen molar-refractivity contribution in [3.05, 3.63) is 0 Å². The summed E-state index contributed by atoms with van der Waals surface area (Å²) in [6.45, 7) is 8.71. The topological polar surface area (TPSA) is 53.0 Å². The molecule has 0 radical (unpaired) electrons. The van der Waals surface area contributed by atoms with E-state index in [2.05, 4.69) is 9.80 Å². The quantitative estimate of drug-likeness (QED) is 0.811. The van der Waals surface area contributed by atoms with Crippen molar-refractivity contribution in [1.29, 1.82) is 0 Å². The molecule has 3 aliphatic rings. The van der Waals surface area contributed by atoms with Crippen LogP contribution in [0, 0.1) is 5.92 Å². The number of rotatable bonds is 4. The van der Waals surface area contributed by atoms with Gasteiger partial charge in [0.05, 0.1) is 19.3 Å². The predicted molar refractivity (Wildman–Crippen MR) is 71.1 cm³/mol. The van der Waals surface area contributed by atoms with Crippen LogP contribution in [0.15, 0.2) is 0 Å². The Morgan fingerprint density at radius 1 is 1.37 bits per heavy atom. The summed E-state index contributed by atoms with van der Waals surface area (Å²) in [7, 11) is 0. The smallest absolute Gasteiger partial charge is 0.321 e. The van der Waals surface area contributed by atoms with Gasteiger partial charge in [0, 0.05) is 18.6 Å². The van der Waals surface area contributed by atoms with E-state index < -0.39 is 5.97 Å². The number of ether oxygens (including phenoxy) is 1. The molecule has 0 amide bonds. The van der Waals surface area contributed by atoms with Crippen molar-refractivity contribution in [2.45, 2.75) is 44.3 Å². The van der Waals surface area contributed by atoms with Crippen molar-refractivity contribution >= 4 is 5.97 Å². The molecule has 108 valence electrons. The molecule has 3 rings (SSSR count). The summed E-state index contributed by atoms with van der Waals surface area (Å²) in [6, 6.07) is 0.248. The summed E-state index contributed by atoms with van der Waals surface area (Å²) >= 11 is 0. The first kappa shape index (κ1) is 13.3. The van der Waals surface area contributed by atoms with Crippen molar-refractivity contribution in [2.24, 2.45) is 5.92 Å². The van der Waals surface area contributed by atoms with Crippen LogP contribution in [-0.4, -0.2) is 71.3 Å². The van der Waals surface area contributed by atoms with Gasteiger partial charge in [-0.25, -0.2) is 0 Å². The van der Waals surface area contributed by atoms with Crippen LogP contribution in [-0.2, 0) is 9.53 Å². The first-order valence-corrected chi connectivity index (χ1v) is 7.35. The second-order valence-electron chi connectivity index (χ2n) is 6.64. The minimum atomic E-state index is -0.665. The van der Waals surface area contributed by atoms with Crippen LogP contribution >= 0.6 is 0 Å². The molecule has 0 aliphatic carbocycles. The van der Waals surface area contributed by atoms with E-state index in [-0.39, 0.29) is 17.5 Å².